The van der Waals surface area contributed by atoms with Gasteiger partial charge in [-0.15, -0.1) is 5.10 Å². The molecule has 27 heavy (non-hydrogen) atoms. The van der Waals surface area contributed by atoms with Gasteiger partial charge in [0.25, 0.3) is 0 Å². The maximum atomic E-state index is 12.8. The van der Waals surface area contributed by atoms with E-state index < -0.39 is 23.8 Å². The lowest BCUT2D eigenvalue weighted by Gasteiger charge is -2.14. The maximum Gasteiger partial charge on any atom is 0.416 e. The van der Waals surface area contributed by atoms with Gasteiger partial charge in [-0.05, 0) is 42.5 Å². The molecule has 0 aliphatic carbocycles. The van der Waals surface area contributed by atoms with Gasteiger partial charge in [-0.25, -0.2) is 9.48 Å². The Hall–Kier alpha value is -3.14. The van der Waals surface area contributed by atoms with Crippen molar-refractivity contribution in [2.75, 3.05) is 13.7 Å². The quantitative estimate of drug-likeness (QED) is 0.707. The number of hydrogen-bond acceptors (Lipinski definition) is 5. The van der Waals surface area contributed by atoms with Gasteiger partial charge in [-0.3, -0.25) is 0 Å². The topological polar surface area (TPSA) is 86.5 Å². The lowest BCUT2D eigenvalue weighted by Crippen LogP contribution is -2.31. The fourth-order valence-electron chi connectivity index (χ4n) is 2.43. The molecular weight excluding hydrogens is 367 g/mol. The number of carbonyl (C=O) groups is 1. The highest BCUT2D eigenvalue weighted by Crippen LogP contribution is 2.31. The molecule has 7 nitrogen and oxygen atoms in total. The zero-order chi connectivity index (χ0) is 19.6. The zero-order valence-electron chi connectivity index (χ0n) is 14.0. The predicted octanol–water partition coefficient (Wildman–Crippen LogP) is 2.92. The highest BCUT2D eigenvalue weighted by molar-refractivity contribution is 5.77. The molecule has 2 aromatic carbocycles. The molecule has 1 aromatic heterocycles. The number of carboxylic acid groups (broad SMARTS) is 1. The van der Waals surface area contributed by atoms with Crippen molar-refractivity contribution in [2.24, 2.45) is 0 Å². The minimum Gasteiger partial charge on any atom is -0.478 e. The van der Waals surface area contributed by atoms with Gasteiger partial charge in [0, 0.05) is 7.11 Å². The predicted molar refractivity (Wildman–Crippen MR) is 87.8 cm³/mol. The highest BCUT2D eigenvalue weighted by atomic mass is 19.4. The molecule has 142 valence electrons. The lowest BCUT2D eigenvalue weighted by molar-refractivity contribution is -0.147. The molecule has 0 saturated carbocycles. The fraction of sp³-hybridized carbons (Fsp3) is 0.235. The van der Waals surface area contributed by atoms with Crippen molar-refractivity contribution in [3.8, 4) is 11.4 Å². The molecule has 1 unspecified atom stereocenters. The number of nitrogens with zero attached hydrogens (tertiary/aromatic N) is 3. The van der Waals surface area contributed by atoms with Crippen LogP contribution in [0.4, 0.5) is 13.2 Å². The summed E-state index contributed by atoms with van der Waals surface area (Å²) in [5.74, 6) is -0.865. The Labute approximate surface area is 150 Å². The summed E-state index contributed by atoms with van der Waals surface area (Å²) in [4.78, 5) is 11.1. The summed E-state index contributed by atoms with van der Waals surface area (Å²) in [6, 6.07) is 9.42. The number of alkyl halides is 3. The largest absolute Gasteiger partial charge is 0.478 e. The number of aliphatic carboxylic acids is 1. The smallest absolute Gasteiger partial charge is 0.416 e. The normalized spacial score (nSPS) is 12.9. The number of methoxy groups -OCH3 is 1. The number of aromatic nitrogens is 3. The second-order valence-electron chi connectivity index (χ2n) is 5.60. The zero-order valence-corrected chi connectivity index (χ0v) is 14.0. The van der Waals surface area contributed by atoms with Crippen LogP contribution in [0.25, 0.3) is 16.7 Å². The van der Waals surface area contributed by atoms with Gasteiger partial charge in [0.05, 0.1) is 23.4 Å². The van der Waals surface area contributed by atoms with Crippen molar-refractivity contribution in [1.29, 1.82) is 0 Å². The SMILES string of the molecule is COCC(Oc1ccc(-n2nnc3cc(C(F)(F)F)ccc32)cc1)C(=O)O. The first kappa shape index (κ1) is 18.6. The molecule has 0 spiro atoms. The van der Waals surface area contributed by atoms with Crippen molar-refractivity contribution < 1.29 is 32.5 Å². The molecule has 1 atom stereocenters. The third-order valence-corrected chi connectivity index (χ3v) is 3.73. The Balaban J connectivity index is 1.86. The van der Waals surface area contributed by atoms with Crippen LogP contribution in [-0.4, -0.2) is 45.9 Å². The van der Waals surface area contributed by atoms with Crippen LogP contribution < -0.4 is 4.74 Å². The summed E-state index contributed by atoms with van der Waals surface area (Å²) in [6.07, 6.45) is -5.62. The summed E-state index contributed by atoms with van der Waals surface area (Å²) >= 11 is 0. The molecule has 1 heterocycles. The Bertz CT molecular complexity index is 954. The van der Waals surface area contributed by atoms with Gasteiger partial charge in [0.1, 0.15) is 11.3 Å². The number of hydrogen-bond donors (Lipinski definition) is 1. The second kappa shape index (κ2) is 7.23. The maximum absolute atomic E-state index is 12.8. The molecule has 10 heteroatoms. The number of fused-ring (bicyclic) bond motifs is 1. The van der Waals surface area contributed by atoms with E-state index in [2.05, 4.69) is 10.3 Å². The first-order chi connectivity index (χ1) is 12.8. The van der Waals surface area contributed by atoms with Gasteiger partial charge in [-0.2, -0.15) is 13.2 Å². The Morgan fingerprint density at radius 2 is 1.93 bits per heavy atom. The van der Waals surface area contributed by atoms with E-state index in [9.17, 15) is 18.0 Å². The molecule has 3 aromatic rings. The van der Waals surface area contributed by atoms with E-state index in [-0.39, 0.29) is 12.1 Å². The summed E-state index contributed by atoms with van der Waals surface area (Å²) in [7, 11) is 1.36. The second-order valence-corrected chi connectivity index (χ2v) is 5.60. The van der Waals surface area contributed by atoms with Crippen LogP contribution in [0.5, 0.6) is 5.75 Å². The van der Waals surface area contributed by atoms with Crippen molar-refractivity contribution in [3.05, 3.63) is 48.0 Å². The van der Waals surface area contributed by atoms with Crippen molar-refractivity contribution in [3.63, 3.8) is 0 Å². The van der Waals surface area contributed by atoms with Gasteiger partial charge in [0.15, 0.2) is 0 Å². The number of carboxylic acids is 1. The van der Waals surface area contributed by atoms with Crippen molar-refractivity contribution in [2.45, 2.75) is 12.3 Å². The monoisotopic (exact) mass is 381 g/mol. The van der Waals surface area contributed by atoms with Crippen molar-refractivity contribution in [1.82, 2.24) is 15.0 Å². The Morgan fingerprint density at radius 1 is 1.22 bits per heavy atom. The summed E-state index contributed by atoms with van der Waals surface area (Å²) in [5, 5.41) is 16.7. The van der Waals surface area contributed by atoms with Crippen LogP contribution in [0.1, 0.15) is 5.56 Å². The Kier molecular flexibility index (Phi) is 5.00. The van der Waals surface area contributed by atoms with Gasteiger partial charge in [0.2, 0.25) is 6.10 Å². The first-order valence-corrected chi connectivity index (χ1v) is 7.71. The average molecular weight is 381 g/mol. The van der Waals surface area contributed by atoms with E-state index in [4.69, 9.17) is 14.6 Å². The first-order valence-electron chi connectivity index (χ1n) is 7.71. The minimum atomic E-state index is -4.46. The molecule has 0 saturated heterocycles. The van der Waals surface area contributed by atoms with E-state index in [1.807, 2.05) is 0 Å². The molecule has 0 bridgehead atoms. The number of halogens is 3. The minimum absolute atomic E-state index is 0.108. The Morgan fingerprint density at radius 3 is 2.52 bits per heavy atom. The highest BCUT2D eigenvalue weighted by Gasteiger charge is 2.31. The van der Waals surface area contributed by atoms with Gasteiger partial charge >= 0.3 is 12.1 Å². The van der Waals surface area contributed by atoms with E-state index in [0.717, 1.165) is 12.1 Å². The number of benzene rings is 2. The number of ether oxygens (including phenoxy) is 2. The van der Waals surface area contributed by atoms with Crippen LogP contribution in [0.3, 0.4) is 0 Å². The van der Waals surface area contributed by atoms with E-state index in [0.29, 0.717) is 17.0 Å². The molecular formula is C17H14F3N3O4. The van der Waals surface area contributed by atoms with Gasteiger partial charge in [-0.1, -0.05) is 5.21 Å². The summed E-state index contributed by atoms with van der Waals surface area (Å²) in [6.45, 7) is -0.119. The van der Waals surface area contributed by atoms with Crippen LogP contribution in [0, 0.1) is 0 Å². The molecule has 0 radical (unpaired) electrons. The van der Waals surface area contributed by atoms with E-state index >= 15 is 0 Å². The lowest BCUT2D eigenvalue weighted by atomic mass is 10.2. The molecule has 0 fully saturated rings. The van der Waals surface area contributed by atoms with E-state index in [1.54, 1.807) is 12.1 Å². The summed E-state index contributed by atoms with van der Waals surface area (Å²) in [5.41, 5.74) is 0.238. The van der Waals surface area contributed by atoms with Crippen LogP contribution in [-0.2, 0) is 15.7 Å². The standard InChI is InChI=1S/C17H14F3N3O4/c1-26-9-15(16(24)25)27-12-5-3-11(4-6-12)23-14-7-2-10(17(18,19)20)8-13(14)21-22-23/h2-8,15H,9H2,1H3,(H,24,25). The fourth-order valence-corrected chi connectivity index (χ4v) is 2.43. The van der Waals surface area contributed by atoms with Crippen LogP contribution >= 0.6 is 0 Å². The summed E-state index contributed by atoms with van der Waals surface area (Å²) < 4.78 is 49.9. The van der Waals surface area contributed by atoms with Gasteiger partial charge < -0.3 is 14.6 Å². The van der Waals surface area contributed by atoms with Crippen LogP contribution in [0.15, 0.2) is 42.5 Å². The van der Waals surface area contributed by atoms with Crippen molar-refractivity contribution >= 4 is 17.0 Å². The molecule has 3 rings (SSSR count). The molecule has 0 aliphatic heterocycles. The van der Waals surface area contributed by atoms with Crippen LogP contribution in [0.2, 0.25) is 0 Å². The number of rotatable bonds is 6. The van der Waals surface area contributed by atoms with E-state index in [1.165, 1.54) is 30.0 Å². The molecule has 1 N–H and O–H groups in total. The third-order valence-electron chi connectivity index (χ3n) is 3.73. The molecule has 0 aliphatic rings. The molecule has 0 amide bonds. The average Bonchev–Trinajstić information content (AvgIpc) is 3.04. The third kappa shape index (κ3) is 4.00.